The second-order valence-corrected chi connectivity index (χ2v) is 2.28. The molecule has 60 valence electrons. The first-order chi connectivity index (χ1) is 4.85. The summed E-state index contributed by atoms with van der Waals surface area (Å²) in [6.07, 6.45) is 3.33. The van der Waals surface area contributed by atoms with E-state index in [2.05, 4.69) is 12.2 Å². The van der Waals surface area contributed by atoms with Gasteiger partial charge in [0.15, 0.2) is 0 Å². The maximum Gasteiger partial charge on any atom is 0.207 e. The second-order valence-electron chi connectivity index (χ2n) is 2.28. The van der Waals surface area contributed by atoms with E-state index in [0.717, 1.165) is 12.8 Å². The summed E-state index contributed by atoms with van der Waals surface area (Å²) in [7, 11) is 0. The lowest BCUT2D eigenvalue weighted by atomic mass is 10.1. The minimum atomic E-state index is 0.144. The largest absolute Gasteiger partial charge is 0.396 e. The molecule has 10 heavy (non-hydrogen) atoms. The van der Waals surface area contributed by atoms with Gasteiger partial charge in [-0.3, -0.25) is 4.79 Å². The summed E-state index contributed by atoms with van der Waals surface area (Å²) in [6, 6.07) is 0.160. The smallest absolute Gasteiger partial charge is 0.207 e. The van der Waals surface area contributed by atoms with Crippen molar-refractivity contribution in [3.63, 3.8) is 0 Å². The summed E-state index contributed by atoms with van der Waals surface area (Å²) in [5, 5.41) is 11.2. The SMILES string of the molecule is CCC[C@@H](CCO)NC=O. The van der Waals surface area contributed by atoms with E-state index in [4.69, 9.17) is 5.11 Å². The summed E-state index contributed by atoms with van der Waals surface area (Å²) in [5.74, 6) is 0. The van der Waals surface area contributed by atoms with Crippen LogP contribution in [0.15, 0.2) is 0 Å². The maximum atomic E-state index is 9.97. The molecular weight excluding hydrogens is 130 g/mol. The van der Waals surface area contributed by atoms with Gasteiger partial charge in [-0.05, 0) is 12.8 Å². The molecule has 2 N–H and O–H groups in total. The molecule has 0 saturated heterocycles. The van der Waals surface area contributed by atoms with E-state index < -0.39 is 0 Å². The molecule has 0 aliphatic rings. The Bertz CT molecular complexity index is 79.7. The van der Waals surface area contributed by atoms with Crippen LogP contribution in [-0.4, -0.2) is 24.2 Å². The first-order valence-electron chi connectivity index (χ1n) is 3.65. The van der Waals surface area contributed by atoms with Gasteiger partial charge in [-0.15, -0.1) is 0 Å². The summed E-state index contributed by atoms with van der Waals surface area (Å²) in [5.41, 5.74) is 0. The first-order valence-corrected chi connectivity index (χ1v) is 3.65. The monoisotopic (exact) mass is 145 g/mol. The lowest BCUT2D eigenvalue weighted by Crippen LogP contribution is -2.28. The highest BCUT2D eigenvalue weighted by molar-refractivity contribution is 5.46. The average molecular weight is 145 g/mol. The zero-order chi connectivity index (χ0) is 7.82. The van der Waals surface area contributed by atoms with E-state index in [1.54, 1.807) is 0 Å². The predicted molar refractivity (Wildman–Crippen MR) is 39.6 cm³/mol. The number of amides is 1. The van der Waals surface area contributed by atoms with Crippen LogP contribution in [-0.2, 0) is 4.79 Å². The van der Waals surface area contributed by atoms with Gasteiger partial charge in [-0.1, -0.05) is 13.3 Å². The Kier molecular flexibility index (Phi) is 6.18. The Balaban J connectivity index is 3.38. The number of aliphatic hydroxyl groups excluding tert-OH is 1. The van der Waals surface area contributed by atoms with Gasteiger partial charge < -0.3 is 10.4 Å². The quantitative estimate of drug-likeness (QED) is 0.527. The summed E-state index contributed by atoms with van der Waals surface area (Å²) in [4.78, 5) is 9.97. The Morgan fingerprint density at radius 3 is 2.70 bits per heavy atom. The van der Waals surface area contributed by atoms with Gasteiger partial charge in [0, 0.05) is 12.6 Å². The lowest BCUT2D eigenvalue weighted by Gasteiger charge is -2.12. The first kappa shape index (κ1) is 9.43. The van der Waals surface area contributed by atoms with Crippen LogP contribution >= 0.6 is 0 Å². The molecule has 0 spiro atoms. The van der Waals surface area contributed by atoms with Crippen molar-refractivity contribution in [3.8, 4) is 0 Å². The molecule has 0 aliphatic heterocycles. The molecule has 0 fully saturated rings. The third kappa shape index (κ3) is 4.32. The highest BCUT2D eigenvalue weighted by Crippen LogP contribution is 1.99. The molecule has 3 heteroatoms. The third-order valence-electron chi connectivity index (χ3n) is 1.42. The van der Waals surface area contributed by atoms with Crippen LogP contribution in [0.3, 0.4) is 0 Å². The lowest BCUT2D eigenvalue weighted by molar-refractivity contribution is -0.110. The van der Waals surface area contributed by atoms with Crippen LogP contribution in [0, 0.1) is 0 Å². The fourth-order valence-corrected chi connectivity index (χ4v) is 0.912. The van der Waals surface area contributed by atoms with Crippen molar-refractivity contribution in [1.82, 2.24) is 5.32 Å². The van der Waals surface area contributed by atoms with Gasteiger partial charge in [-0.25, -0.2) is 0 Å². The summed E-state index contributed by atoms with van der Waals surface area (Å²) >= 11 is 0. The number of carbonyl (C=O) groups excluding carboxylic acids is 1. The van der Waals surface area contributed by atoms with Gasteiger partial charge in [0.25, 0.3) is 0 Å². The fourth-order valence-electron chi connectivity index (χ4n) is 0.912. The number of carbonyl (C=O) groups is 1. The van der Waals surface area contributed by atoms with E-state index in [9.17, 15) is 4.79 Å². The fraction of sp³-hybridized carbons (Fsp3) is 0.857. The summed E-state index contributed by atoms with van der Waals surface area (Å²) in [6.45, 7) is 2.20. The van der Waals surface area contributed by atoms with Crippen LogP contribution in [0.5, 0.6) is 0 Å². The molecule has 1 amide bonds. The number of hydrogen-bond donors (Lipinski definition) is 2. The third-order valence-corrected chi connectivity index (χ3v) is 1.42. The van der Waals surface area contributed by atoms with Crippen LogP contribution in [0.4, 0.5) is 0 Å². The average Bonchev–Trinajstić information content (AvgIpc) is 1.90. The molecule has 0 rings (SSSR count). The zero-order valence-corrected chi connectivity index (χ0v) is 6.34. The molecule has 0 aromatic heterocycles. The normalized spacial score (nSPS) is 12.6. The van der Waals surface area contributed by atoms with Gasteiger partial charge >= 0.3 is 0 Å². The van der Waals surface area contributed by atoms with Crippen molar-refractivity contribution in [2.45, 2.75) is 32.2 Å². The van der Waals surface area contributed by atoms with Crippen molar-refractivity contribution < 1.29 is 9.90 Å². The molecule has 0 saturated carbocycles. The van der Waals surface area contributed by atoms with Crippen LogP contribution in [0.2, 0.25) is 0 Å². The minimum Gasteiger partial charge on any atom is -0.396 e. The Labute approximate surface area is 61.4 Å². The Morgan fingerprint density at radius 1 is 1.60 bits per heavy atom. The number of rotatable bonds is 6. The molecule has 0 unspecified atom stereocenters. The topological polar surface area (TPSA) is 49.3 Å². The standard InChI is InChI=1S/C7H15NO2/c1-2-3-7(4-5-9)8-6-10/h6-7,9H,2-5H2,1H3,(H,8,10)/t7-/m0/s1. The number of nitrogens with one attached hydrogen (secondary N) is 1. The van der Waals surface area contributed by atoms with Crippen molar-refractivity contribution in [2.75, 3.05) is 6.61 Å². The Morgan fingerprint density at radius 2 is 2.30 bits per heavy atom. The van der Waals surface area contributed by atoms with Crippen LogP contribution in [0.25, 0.3) is 0 Å². The predicted octanol–water partition coefficient (Wildman–Crippen LogP) is 0.283. The molecular formula is C7H15NO2. The minimum absolute atomic E-state index is 0.144. The van der Waals surface area contributed by atoms with E-state index in [1.807, 2.05) is 0 Å². The molecule has 0 aromatic carbocycles. The van der Waals surface area contributed by atoms with Crippen molar-refractivity contribution >= 4 is 6.41 Å². The van der Waals surface area contributed by atoms with E-state index >= 15 is 0 Å². The molecule has 0 aromatic rings. The Hall–Kier alpha value is -0.570. The van der Waals surface area contributed by atoms with Gasteiger partial charge in [0.2, 0.25) is 6.41 Å². The van der Waals surface area contributed by atoms with Crippen molar-refractivity contribution in [2.24, 2.45) is 0 Å². The summed E-state index contributed by atoms with van der Waals surface area (Å²) < 4.78 is 0. The van der Waals surface area contributed by atoms with E-state index in [0.29, 0.717) is 12.8 Å². The maximum absolute atomic E-state index is 9.97. The zero-order valence-electron chi connectivity index (χ0n) is 6.34. The van der Waals surface area contributed by atoms with Crippen LogP contribution < -0.4 is 5.32 Å². The van der Waals surface area contributed by atoms with E-state index in [1.165, 1.54) is 0 Å². The van der Waals surface area contributed by atoms with Crippen molar-refractivity contribution in [3.05, 3.63) is 0 Å². The molecule has 1 atom stereocenters. The van der Waals surface area contributed by atoms with E-state index in [-0.39, 0.29) is 12.6 Å². The molecule has 0 bridgehead atoms. The molecule has 3 nitrogen and oxygen atoms in total. The molecule has 0 radical (unpaired) electrons. The molecule has 0 heterocycles. The highest BCUT2D eigenvalue weighted by Gasteiger charge is 2.03. The molecule has 0 aliphatic carbocycles. The second kappa shape index (κ2) is 6.55. The van der Waals surface area contributed by atoms with Gasteiger partial charge in [0.1, 0.15) is 0 Å². The van der Waals surface area contributed by atoms with Crippen LogP contribution in [0.1, 0.15) is 26.2 Å². The number of hydrogen-bond acceptors (Lipinski definition) is 2. The van der Waals surface area contributed by atoms with Gasteiger partial charge in [-0.2, -0.15) is 0 Å². The van der Waals surface area contributed by atoms with Crippen molar-refractivity contribution in [1.29, 1.82) is 0 Å². The van der Waals surface area contributed by atoms with Gasteiger partial charge in [0.05, 0.1) is 0 Å². The highest BCUT2D eigenvalue weighted by atomic mass is 16.3. The number of aliphatic hydroxyl groups is 1.